The summed E-state index contributed by atoms with van der Waals surface area (Å²) in [7, 11) is 3.94. The number of aromatic nitrogens is 2. The average molecular weight is 243 g/mol. The van der Waals surface area contributed by atoms with E-state index < -0.39 is 0 Å². The van der Waals surface area contributed by atoms with Crippen molar-refractivity contribution in [3.8, 4) is 11.3 Å². The van der Waals surface area contributed by atoms with Gasteiger partial charge in [0.1, 0.15) is 0 Å². The van der Waals surface area contributed by atoms with Crippen LogP contribution in [0.2, 0.25) is 0 Å². The zero-order valence-electron chi connectivity index (χ0n) is 11.8. The van der Waals surface area contributed by atoms with Crippen molar-refractivity contribution in [1.29, 1.82) is 0 Å². The zero-order chi connectivity index (χ0) is 13.3. The molecule has 0 atom stereocenters. The fourth-order valence-corrected chi connectivity index (χ4v) is 2.22. The molecule has 0 spiro atoms. The molecule has 0 amide bonds. The van der Waals surface area contributed by atoms with E-state index in [0.717, 1.165) is 12.2 Å². The lowest BCUT2D eigenvalue weighted by atomic mass is 9.99. The van der Waals surface area contributed by atoms with Crippen molar-refractivity contribution in [3.63, 3.8) is 0 Å². The number of benzene rings is 1. The van der Waals surface area contributed by atoms with E-state index in [0.29, 0.717) is 0 Å². The van der Waals surface area contributed by atoms with Crippen molar-refractivity contribution < 1.29 is 0 Å². The molecule has 0 fully saturated rings. The second-order valence-corrected chi connectivity index (χ2v) is 4.93. The Morgan fingerprint density at radius 2 is 1.72 bits per heavy atom. The molecular weight excluding hydrogens is 222 g/mol. The summed E-state index contributed by atoms with van der Waals surface area (Å²) in [4.78, 5) is 0. The van der Waals surface area contributed by atoms with Crippen LogP contribution in [0.3, 0.4) is 0 Å². The quantitative estimate of drug-likeness (QED) is 0.898. The lowest BCUT2D eigenvalue weighted by Gasteiger charge is -2.07. The van der Waals surface area contributed by atoms with Gasteiger partial charge < -0.3 is 5.32 Å². The standard InChI is InChI=1S/C15H21N3/c1-10-6-12(3)14(7-11(10)2)15-8-13(9-16-4)18(5)17-15/h6-8,16H,9H2,1-5H3. The van der Waals surface area contributed by atoms with Crippen LogP contribution in [0.4, 0.5) is 0 Å². The van der Waals surface area contributed by atoms with Crippen LogP contribution in [0.25, 0.3) is 11.3 Å². The summed E-state index contributed by atoms with van der Waals surface area (Å²) >= 11 is 0. The van der Waals surface area contributed by atoms with Gasteiger partial charge in [0.15, 0.2) is 0 Å². The van der Waals surface area contributed by atoms with Gasteiger partial charge in [0.25, 0.3) is 0 Å². The van der Waals surface area contributed by atoms with Gasteiger partial charge >= 0.3 is 0 Å². The zero-order valence-corrected chi connectivity index (χ0v) is 11.8. The Bertz CT molecular complexity index is 567. The third kappa shape index (κ3) is 2.31. The summed E-state index contributed by atoms with van der Waals surface area (Å²) in [6.45, 7) is 7.29. The predicted molar refractivity (Wildman–Crippen MR) is 75.6 cm³/mol. The molecule has 1 N–H and O–H groups in total. The highest BCUT2D eigenvalue weighted by Gasteiger charge is 2.10. The van der Waals surface area contributed by atoms with Gasteiger partial charge in [-0.25, -0.2) is 0 Å². The van der Waals surface area contributed by atoms with Gasteiger partial charge in [0, 0.05) is 19.2 Å². The van der Waals surface area contributed by atoms with E-state index in [1.165, 1.54) is 27.9 Å². The van der Waals surface area contributed by atoms with E-state index in [9.17, 15) is 0 Å². The molecular formula is C15H21N3. The van der Waals surface area contributed by atoms with Gasteiger partial charge in [-0.2, -0.15) is 5.10 Å². The van der Waals surface area contributed by atoms with Crippen LogP contribution < -0.4 is 5.32 Å². The van der Waals surface area contributed by atoms with Crippen LogP contribution in [0.5, 0.6) is 0 Å². The Morgan fingerprint density at radius 3 is 2.39 bits per heavy atom. The number of rotatable bonds is 3. The maximum Gasteiger partial charge on any atom is 0.0929 e. The van der Waals surface area contributed by atoms with E-state index in [2.05, 4.69) is 49.4 Å². The van der Waals surface area contributed by atoms with Crippen LogP contribution in [0.1, 0.15) is 22.4 Å². The van der Waals surface area contributed by atoms with E-state index in [-0.39, 0.29) is 0 Å². The molecule has 0 bridgehead atoms. The minimum Gasteiger partial charge on any atom is -0.314 e. The predicted octanol–water partition coefficient (Wildman–Crippen LogP) is 2.73. The van der Waals surface area contributed by atoms with E-state index in [4.69, 9.17) is 0 Å². The highest BCUT2D eigenvalue weighted by molar-refractivity contribution is 5.65. The molecule has 0 saturated carbocycles. The number of hydrogen-bond donors (Lipinski definition) is 1. The third-order valence-electron chi connectivity index (χ3n) is 3.45. The fraction of sp³-hybridized carbons (Fsp3) is 0.400. The smallest absolute Gasteiger partial charge is 0.0929 e. The van der Waals surface area contributed by atoms with Crippen molar-refractivity contribution in [3.05, 3.63) is 40.6 Å². The molecule has 1 aromatic heterocycles. The minimum absolute atomic E-state index is 0.841. The Morgan fingerprint density at radius 1 is 1.06 bits per heavy atom. The highest BCUT2D eigenvalue weighted by atomic mass is 15.3. The normalized spacial score (nSPS) is 10.9. The first-order valence-corrected chi connectivity index (χ1v) is 6.28. The van der Waals surface area contributed by atoms with Gasteiger partial charge in [-0.3, -0.25) is 4.68 Å². The molecule has 0 unspecified atom stereocenters. The SMILES string of the molecule is CNCc1cc(-c2cc(C)c(C)cc2C)nn1C. The van der Waals surface area contributed by atoms with Crippen molar-refractivity contribution in [2.45, 2.75) is 27.3 Å². The van der Waals surface area contributed by atoms with Gasteiger partial charge in [-0.15, -0.1) is 0 Å². The lowest BCUT2D eigenvalue weighted by molar-refractivity contribution is 0.673. The summed E-state index contributed by atoms with van der Waals surface area (Å²) in [6, 6.07) is 6.63. The number of nitrogens with one attached hydrogen (secondary N) is 1. The van der Waals surface area contributed by atoms with Gasteiger partial charge in [-0.1, -0.05) is 6.07 Å². The van der Waals surface area contributed by atoms with Gasteiger partial charge in [0.05, 0.1) is 11.4 Å². The maximum atomic E-state index is 4.61. The first-order valence-electron chi connectivity index (χ1n) is 6.28. The summed E-state index contributed by atoms with van der Waals surface area (Å²) in [5.74, 6) is 0. The lowest BCUT2D eigenvalue weighted by Crippen LogP contribution is -2.09. The minimum atomic E-state index is 0.841. The molecule has 3 heteroatoms. The van der Waals surface area contributed by atoms with Crippen LogP contribution in [0.15, 0.2) is 18.2 Å². The van der Waals surface area contributed by atoms with E-state index in [1.807, 2.05) is 18.8 Å². The Hall–Kier alpha value is -1.61. The largest absolute Gasteiger partial charge is 0.314 e. The summed E-state index contributed by atoms with van der Waals surface area (Å²) in [5.41, 5.74) is 7.43. The number of aryl methyl sites for hydroxylation is 4. The van der Waals surface area contributed by atoms with Crippen molar-refractivity contribution in [2.75, 3.05) is 7.05 Å². The van der Waals surface area contributed by atoms with Gasteiger partial charge in [0.2, 0.25) is 0 Å². The third-order valence-corrected chi connectivity index (χ3v) is 3.45. The second kappa shape index (κ2) is 4.94. The van der Waals surface area contributed by atoms with Crippen LogP contribution in [-0.4, -0.2) is 16.8 Å². The van der Waals surface area contributed by atoms with Gasteiger partial charge in [-0.05, 0) is 56.6 Å². The number of hydrogen-bond acceptors (Lipinski definition) is 2. The molecule has 18 heavy (non-hydrogen) atoms. The molecule has 0 saturated heterocycles. The monoisotopic (exact) mass is 243 g/mol. The van der Waals surface area contributed by atoms with Crippen molar-refractivity contribution in [1.82, 2.24) is 15.1 Å². The summed E-state index contributed by atoms with van der Waals surface area (Å²) in [6.07, 6.45) is 0. The molecule has 1 heterocycles. The first-order chi connectivity index (χ1) is 8.52. The summed E-state index contributed by atoms with van der Waals surface area (Å²) in [5, 5.41) is 7.77. The molecule has 0 radical (unpaired) electrons. The van der Waals surface area contributed by atoms with Crippen molar-refractivity contribution >= 4 is 0 Å². The van der Waals surface area contributed by atoms with Crippen molar-refractivity contribution in [2.24, 2.45) is 7.05 Å². The Balaban J connectivity index is 2.48. The Labute approximate surface area is 109 Å². The Kier molecular flexibility index (Phi) is 3.53. The molecule has 1 aromatic carbocycles. The highest BCUT2D eigenvalue weighted by Crippen LogP contribution is 2.25. The van der Waals surface area contributed by atoms with E-state index in [1.54, 1.807) is 0 Å². The molecule has 2 rings (SSSR count). The topological polar surface area (TPSA) is 29.9 Å². The summed E-state index contributed by atoms with van der Waals surface area (Å²) < 4.78 is 1.94. The average Bonchev–Trinajstić information content (AvgIpc) is 2.66. The van der Waals surface area contributed by atoms with E-state index >= 15 is 0 Å². The molecule has 96 valence electrons. The fourth-order valence-electron chi connectivity index (χ4n) is 2.22. The molecule has 0 aliphatic heterocycles. The van der Waals surface area contributed by atoms with Crippen LogP contribution in [-0.2, 0) is 13.6 Å². The second-order valence-electron chi connectivity index (χ2n) is 4.93. The maximum absolute atomic E-state index is 4.61. The molecule has 3 nitrogen and oxygen atoms in total. The molecule has 2 aromatic rings. The van der Waals surface area contributed by atoms with Crippen LogP contribution in [0, 0.1) is 20.8 Å². The van der Waals surface area contributed by atoms with Crippen LogP contribution >= 0.6 is 0 Å². The first kappa shape index (κ1) is 12.8. The molecule has 0 aliphatic rings. The number of nitrogens with zero attached hydrogens (tertiary/aromatic N) is 2. The molecule has 0 aliphatic carbocycles.